The van der Waals surface area contributed by atoms with E-state index in [1.807, 2.05) is 30.3 Å². The molecule has 0 spiro atoms. The van der Waals surface area contributed by atoms with E-state index in [-0.39, 0.29) is 29.6 Å². The smallest absolute Gasteiger partial charge is 2.00 e. The monoisotopic (exact) mass is 458 g/mol. The molecule has 0 amide bonds. The van der Waals surface area contributed by atoms with E-state index in [0.717, 1.165) is 31.2 Å². The molecule has 0 aliphatic rings. The zero-order valence-corrected chi connectivity index (χ0v) is 17.8. The van der Waals surface area contributed by atoms with Gasteiger partial charge < -0.3 is 19.7 Å². The predicted octanol–water partition coefficient (Wildman–Crippen LogP) is 3.00. The summed E-state index contributed by atoms with van der Waals surface area (Å²) in [4.78, 5) is 10.4. The number of ether oxygens (including phenoxy) is 1. The largest absolute Gasteiger partial charge is 2.00 e. The van der Waals surface area contributed by atoms with Crippen molar-refractivity contribution in [2.75, 3.05) is 0 Å². The van der Waals surface area contributed by atoms with Crippen LogP contribution in [0.5, 0.6) is 0 Å². The summed E-state index contributed by atoms with van der Waals surface area (Å²) in [5.74, 6) is 0. The van der Waals surface area contributed by atoms with E-state index in [1.54, 1.807) is 19.3 Å². The van der Waals surface area contributed by atoms with Gasteiger partial charge in [0.2, 0.25) is 0 Å². The second-order valence-corrected chi connectivity index (χ2v) is 5.54. The fourth-order valence-electron chi connectivity index (χ4n) is 2.29. The van der Waals surface area contributed by atoms with Crippen LogP contribution in [0.1, 0.15) is 50.7 Å². The maximum absolute atomic E-state index is 10.4. The minimum atomic E-state index is -0.766. The van der Waals surface area contributed by atoms with Crippen LogP contribution < -0.4 is 0 Å². The van der Waals surface area contributed by atoms with Crippen molar-refractivity contribution in [2.45, 2.75) is 57.3 Å². The Morgan fingerprint density at radius 2 is 1.60 bits per heavy atom. The zero-order chi connectivity index (χ0) is 22.9. The number of carbonyl (C=O) groups excluding carboxylic acids is 1. The first-order chi connectivity index (χ1) is 14.2. The fourth-order valence-corrected chi connectivity index (χ4v) is 2.29. The molecule has 7 nitrogen and oxygen atoms in total. The number of aliphatic hydroxyl groups is 2. The maximum atomic E-state index is 10.4. The van der Waals surface area contributed by atoms with Crippen LogP contribution >= 0.6 is 0 Å². The molecule has 1 aromatic carbocycles. The van der Waals surface area contributed by atoms with Crippen LogP contribution in [0.25, 0.3) is 0 Å². The summed E-state index contributed by atoms with van der Waals surface area (Å²) in [5.41, 5.74) is 0.778. The molecule has 0 bridgehead atoms. The molecule has 0 aliphatic heterocycles. The SMILES string of the molecule is CCCCC[C@H]([CH][CH][CH][C@@H](O)C[C@@H](O)c1ccccc1)O[C-]=O.[C-]#[O+].[C-]#[O+].[C-]#[O+].[Fe+2]. The number of aliphatic hydroxyl groups excluding tert-OH is 2. The molecule has 0 saturated carbocycles. The molecule has 1 rings (SSSR count). The first-order valence-corrected chi connectivity index (χ1v) is 8.74. The second-order valence-electron chi connectivity index (χ2n) is 5.54. The first kappa shape index (κ1) is 35.8. The number of rotatable bonds is 13. The minimum Gasteiger partial charge on any atom is 2.00 e. The van der Waals surface area contributed by atoms with Gasteiger partial charge in [-0.15, -0.1) is 0 Å². The Kier molecular flexibility index (Phi) is 35.2. The second kappa shape index (κ2) is 29.5. The molecule has 0 aliphatic carbocycles. The molecule has 163 valence electrons. The van der Waals surface area contributed by atoms with Crippen molar-refractivity contribution in [3.63, 3.8) is 0 Å². The summed E-state index contributed by atoms with van der Waals surface area (Å²) in [6.07, 6.45) is 7.33. The molecule has 1 aromatic rings. The van der Waals surface area contributed by atoms with E-state index in [4.69, 9.17) is 18.7 Å². The van der Waals surface area contributed by atoms with Gasteiger partial charge >= 0.3 is 51.0 Å². The summed E-state index contributed by atoms with van der Waals surface area (Å²) in [6.45, 7) is 17.1. The molecule has 3 radical (unpaired) electrons. The van der Waals surface area contributed by atoms with E-state index < -0.39 is 12.2 Å². The van der Waals surface area contributed by atoms with Gasteiger partial charge in [-0.2, -0.15) is 0 Å². The third-order valence-electron chi connectivity index (χ3n) is 3.60. The van der Waals surface area contributed by atoms with Crippen molar-refractivity contribution < 1.29 is 50.8 Å². The van der Waals surface area contributed by atoms with Crippen molar-refractivity contribution >= 4 is 6.47 Å². The average molecular weight is 458 g/mol. The van der Waals surface area contributed by atoms with Crippen molar-refractivity contribution in [2.24, 2.45) is 0 Å². The van der Waals surface area contributed by atoms with E-state index in [9.17, 15) is 15.0 Å². The quantitative estimate of drug-likeness (QED) is 0.204. The van der Waals surface area contributed by atoms with Crippen LogP contribution in [0, 0.1) is 39.2 Å². The van der Waals surface area contributed by atoms with E-state index in [2.05, 4.69) is 26.9 Å². The zero-order valence-electron chi connectivity index (χ0n) is 16.7. The Morgan fingerprint density at radius 1 is 1.03 bits per heavy atom. The third kappa shape index (κ3) is 21.1. The minimum absolute atomic E-state index is 0. The number of hydrogen-bond donors (Lipinski definition) is 2. The van der Waals surface area contributed by atoms with Gasteiger partial charge in [0.05, 0.1) is 18.3 Å². The van der Waals surface area contributed by atoms with Crippen LogP contribution in [0.15, 0.2) is 30.3 Å². The molecular weight excluding hydrogens is 432 g/mol. The number of unbranched alkanes of at least 4 members (excludes halogenated alkanes) is 2. The van der Waals surface area contributed by atoms with Crippen molar-refractivity contribution in [1.82, 2.24) is 0 Å². The van der Waals surface area contributed by atoms with Gasteiger partial charge in [0, 0.05) is 12.8 Å². The van der Waals surface area contributed by atoms with Gasteiger partial charge in [0.1, 0.15) is 0 Å². The Bertz CT molecular complexity index is 517. The van der Waals surface area contributed by atoms with Gasteiger partial charge in [0.15, 0.2) is 0 Å². The fraction of sp³-hybridized carbons (Fsp3) is 0.409. The summed E-state index contributed by atoms with van der Waals surface area (Å²) in [6, 6.07) is 9.23. The summed E-state index contributed by atoms with van der Waals surface area (Å²) in [5, 5.41) is 20.0. The summed E-state index contributed by atoms with van der Waals surface area (Å²) >= 11 is 0. The van der Waals surface area contributed by atoms with Gasteiger partial charge in [-0.05, 0) is 31.2 Å². The van der Waals surface area contributed by atoms with Crippen LogP contribution in [0.4, 0.5) is 0 Å². The van der Waals surface area contributed by atoms with Crippen molar-refractivity contribution in [3.8, 4) is 0 Å². The molecule has 0 fully saturated rings. The van der Waals surface area contributed by atoms with Gasteiger partial charge in [-0.3, -0.25) is 0 Å². The van der Waals surface area contributed by atoms with E-state index in [1.165, 1.54) is 6.47 Å². The molecule has 0 heterocycles. The van der Waals surface area contributed by atoms with Crippen LogP contribution in [-0.4, -0.2) is 28.9 Å². The molecule has 0 saturated heterocycles. The molecule has 2 N–H and O–H groups in total. The van der Waals surface area contributed by atoms with Gasteiger partial charge in [-0.1, -0.05) is 56.6 Å². The van der Waals surface area contributed by atoms with Crippen molar-refractivity contribution in [1.29, 1.82) is 0 Å². The summed E-state index contributed by atoms with van der Waals surface area (Å²) < 4.78 is 27.4. The Labute approximate surface area is 189 Å². The third-order valence-corrected chi connectivity index (χ3v) is 3.60. The van der Waals surface area contributed by atoms with Crippen LogP contribution in [-0.2, 0) is 40.6 Å². The Balaban J connectivity index is -0.000000441. The van der Waals surface area contributed by atoms with Crippen molar-refractivity contribution in [3.05, 3.63) is 75.1 Å². The standard InChI is InChI=1S/C19H26O4.3CO.Fe/c1-2-3-5-12-18(23-15-20)13-8-11-17(21)14-19(22)16-9-6-4-7-10-16;3*1-2;/h4,6-11,13,17-19,21-22H,2-3,5,12,14H2,1H3;;;;/q-1;;;;+2/t17-,18-,19-;;;;/m1..../s1. The topological polar surface area (TPSA) is 126 Å². The predicted molar refractivity (Wildman–Crippen MR) is 101 cm³/mol. The Hall–Kier alpha value is -1.65. The molecule has 30 heavy (non-hydrogen) atoms. The molecule has 3 atom stereocenters. The molecule has 0 aromatic heterocycles. The molecule has 8 heteroatoms. The normalized spacial score (nSPS) is 11.6. The number of hydrogen-bond acceptors (Lipinski definition) is 4. The first-order valence-electron chi connectivity index (χ1n) is 8.74. The molecule has 0 unspecified atom stereocenters. The molecular formula is C22H26FeO7+. The van der Waals surface area contributed by atoms with Crippen LogP contribution in [0.3, 0.4) is 0 Å². The Morgan fingerprint density at radius 3 is 2.10 bits per heavy atom. The van der Waals surface area contributed by atoms with E-state index >= 15 is 0 Å². The average Bonchev–Trinajstić information content (AvgIpc) is 2.78. The van der Waals surface area contributed by atoms with E-state index in [0.29, 0.717) is 0 Å². The number of benzene rings is 1. The van der Waals surface area contributed by atoms with Crippen LogP contribution in [0.2, 0.25) is 0 Å². The van der Waals surface area contributed by atoms with Gasteiger partial charge in [-0.25, -0.2) is 0 Å². The maximum Gasteiger partial charge on any atom is 2.00 e. The summed E-state index contributed by atoms with van der Waals surface area (Å²) in [7, 11) is 0. The van der Waals surface area contributed by atoms with Gasteiger partial charge in [0.25, 0.3) is 0 Å².